The highest BCUT2D eigenvalue weighted by Gasteiger charge is 2.31. The van der Waals surface area contributed by atoms with Crippen molar-refractivity contribution in [3.8, 4) is 0 Å². The molecule has 2 unspecified atom stereocenters. The van der Waals surface area contributed by atoms with Gasteiger partial charge in [0.15, 0.2) is 0 Å². The summed E-state index contributed by atoms with van der Waals surface area (Å²) in [5, 5.41) is 3.40. The SMILES string of the molecule is CC1CCCN(C(=O)C2NCCc3ccccc32)C1. The summed E-state index contributed by atoms with van der Waals surface area (Å²) < 4.78 is 0. The molecule has 3 heteroatoms. The number of amides is 1. The van der Waals surface area contributed by atoms with Crippen molar-refractivity contribution < 1.29 is 4.79 Å². The van der Waals surface area contributed by atoms with E-state index in [1.165, 1.54) is 17.5 Å². The maximum absolute atomic E-state index is 12.7. The van der Waals surface area contributed by atoms with E-state index in [2.05, 4.69) is 30.4 Å². The van der Waals surface area contributed by atoms with Gasteiger partial charge in [0.05, 0.1) is 0 Å². The van der Waals surface area contributed by atoms with E-state index < -0.39 is 0 Å². The zero-order chi connectivity index (χ0) is 13.2. The van der Waals surface area contributed by atoms with Crippen molar-refractivity contribution in [2.75, 3.05) is 19.6 Å². The van der Waals surface area contributed by atoms with Crippen molar-refractivity contribution in [3.05, 3.63) is 35.4 Å². The smallest absolute Gasteiger partial charge is 0.244 e. The standard InChI is InChI=1S/C16H22N2O/c1-12-5-4-10-18(11-12)16(19)15-14-7-3-2-6-13(14)8-9-17-15/h2-3,6-7,12,15,17H,4-5,8-11H2,1H3. The lowest BCUT2D eigenvalue weighted by Gasteiger charge is -2.35. The summed E-state index contributed by atoms with van der Waals surface area (Å²) in [6.07, 6.45) is 3.41. The van der Waals surface area contributed by atoms with Gasteiger partial charge in [-0.05, 0) is 36.3 Å². The lowest BCUT2D eigenvalue weighted by atomic mass is 9.92. The Labute approximate surface area is 115 Å². The molecule has 0 saturated carbocycles. The van der Waals surface area contributed by atoms with Crippen LogP contribution in [0.15, 0.2) is 24.3 Å². The molecule has 102 valence electrons. The Morgan fingerprint density at radius 1 is 1.37 bits per heavy atom. The number of carbonyl (C=O) groups excluding carboxylic acids is 1. The van der Waals surface area contributed by atoms with E-state index in [0.717, 1.165) is 32.5 Å². The molecule has 1 aromatic carbocycles. The number of benzene rings is 1. The highest BCUT2D eigenvalue weighted by atomic mass is 16.2. The molecule has 1 fully saturated rings. The van der Waals surface area contributed by atoms with Crippen molar-refractivity contribution in [2.45, 2.75) is 32.2 Å². The average molecular weight is 258 g/mol. The Morgan fingerprint density at radius 2 is 2.21 bits per heavy atom. The van der Waals surface area contributed by atoms with Crippen LogP contribution >= 0.6 is 0 Å². The van der Waals surface area contributed by atoms with Gasteiger partial charge in [0.1, 0.15) is 6.04 Å². The van der Waals surface area contributed by atoms with Crippen molar-refractivity contribution in [3.63, 3.8) is 0 Å². The summed E-state index contributed by atoms with van der Waals surface area (Å²) in [7, 11) is 0. The number of fused-ring (bicyclic) bond motifs is 1. The molecule has 0 spiro atoms. The zero-order valence-electron chi connectivity index (χ0n) is 11.6. The van der Waals surface area contributed by atoms with Gasteiger partial charge in [0, 0.05) is 19.6 Å². The van der Waals surface area contributed by atoms with E-state index in [1.54, 1.807) is 0 Å². The van der Waals surface area contributed by atoms with Crippen LogP contribution in [0, 0.1) is 5.92 Å². The summed E-state index contributed by atoms with van der Waals surface area (Å²) in [5.74, 6) is 0.898. The van der Waals surface area contributed by atoms with Gasteiger partial charge in [-0.1, -0.05) is 31.2 Å². The minimum Gasteiger partial charge on any atom is -0.341 e. The fourth-order valence-electron chi connectivity index (χ4n) is 3.30. The van der Waals surface area contributed by atoms with Crippen molar-refractivity contribution >= 4 is 5.91 Å². The van der Waals surface area contributed by atoms with Gasteiger partial charge in [0.25, 0.3) is 0 Å². The molecule has 3 rings (SSSR count). The third-order valence-electron chi connectivity index (χ3n) is 4.32. The Hall–Kier alpha value is -1.35. The Kier molecular flexibility index (Phi) is 3.56. The maximum atomic E-state index is 12.7. The first-order valence-electron chi connectivity index (χ1n) is 7.35. The van der Waals surface area contributed by atoms with E-state index in [0.29, 0.717) is 5.92 Å². The molecule has 2 aliphatic rings. The molecular weight excluding hydrogens is 236 g/mol. The zero-order valence-corrected chi connectivity index (χ0v) is 11.6. The number of rotatable bonds is 1. The summed E-state index contributed by atoms with van der Waals surface area (Å²) in [4.78, 5) is 14.8. The topological polar surface area (TPSA) is 32.3 Å². The molecule has 0 aromatic heterocycles. The van der Waals surface area contributed by atoms with Crippen LogP contribution < -0.4 is 5.32 Å². The number of likely N-dealkylation sites (tertiary alicyclic amines) is 1. The predicted octanol–water partition coefficient (Wildman–Crippen LogP) is 2.13. The molecule has 1 saturated heterocycles. The first kappa shape index (κ1) is 12.7. The van der Waals surface area contributed by atoms with Gasteiger partial charge in [0.2, 0.25) is 5.91 Å². The Balaban J connectivity index is 1.81. The summed E-state index contributed by atoms with van der Waals surface area (Å²) in [5.41, 5.74) is 2.50. The van der Waals surface area contributed by atoms with E-state index in [4.69, 9.17) is 0 Å². The lowest BCUT2D eigenvalue weighted by Crippen LogP contribution is -2.47. The molecule has 2 atom stereocenters. The predicted molar refractivity (Wildman–Crippen MR) is 75.9 cm³/mol. The van der Waals surface area contributed by atoms with E-state index in [1.807, 2.05) is 11.0 Å². The van der Waals surface area contributed by atoms with Crippen LogP contribution in [-0.4, -0.2) is 30.4 Å². The van der Waals surface area contributed by atoms with Crippen LogP contribution in [0.1, 0.15) is 36.9 Å². The number of nitrogens with one attached hydrogen (secondary N) is 1. The number of nitrogens with zero attached hydrogens (tertiary/aromatic N) is 1. The first-order chi connectivity index (χ1) is 9.25. The maximum Gasteiger partial charge on any atom is 0.244 e. The fraction of sp³-hybridized carbons (Fsp3) is 0.562. The van der Waals surface area contributed by atoms with Crippen LogP contribution in [0.2, 0.25) is 0 Å². The summed E-state index contributed by atoms with van der Waals surface area (Å²) in [6.45, 7) is 4.97. The van der Waals surface area contributed by atoms with Gasteiger partial charge in [-0.15, -0.1) is 0 Å². The van der Waals surface area contributed by atoms with Crippen LogP contribution in [-0.2, 0) is 11.2 Å². The second-order valence-corrected chi connectivity index (χ2v) is 5.87. The van der Waals surface area contributed by atoms with E-state index in [-0.39, 0.29) is 11.9 Å². The second-order valence-electron chi connectivity index (χ2n) is 5.87. The minimum atomic E-state index is -0.129. The second kappa shape index (κ2) is 5.33. The Bertz CT molecular complexity index is 472. The molecule has 1 N–H and O–H groups in total. The molecular formula is C16H22N2O. The van der Waals surface area contributed by atoms with Crippen molar-refractivity contribution in [1.29, 1.82) is 0 Å². The molecule has 19 heavy (non-hydrogen) atoms. The highest BCUT2D eigenvalue weighted by Crippen LogP contribution is 2.26. The number of hydrogen-bond acceptors (Lipinski definition) is 2. The molecule has 2 aliphatic heterocycles. The molecule has 2 heterocycles. The quantitative estimate of drug-likeness (QED) is 0.837. The third-order valence-corrected chi connectivity index (χ3v) is 4.32. The largest absolute Gasteiger partial charge is 0.341 e. The molecule has 0 aliphatic carbocycles. The van der Waals surface area contributed by atoms with E-state index in [9.17, 15) is 4.79 Å². The number of piperidine rings is 1. The minimum absolute atomic E-state index is 0.129. The van der Waals surface area contributed by atoms with Gasteiger partial charge < -0.3 is 10.2 Å². The van der Waals surface area contributed by atoms with E-state index >= 15 is 0 Å². The van der Waals surface area contributed by atoms with Crippen LogP contribution in [0.3, 0.4) is 0 Å². The van der Waals surface area contributed by atoms with Crippen LogP contribution in [0.5, 0.6) is 0 Å². The summed E-state index contributed by atoms with van der Waals surface area (Å²) in [6, 6.07) is 8.21. The van der Waals surface area contributed by atoms with Gasteiger partial charge in [-0.3, -0.25) is 4.79 Å². The third kappa shape index (κ3) is 2.52. The van der Waals surface area contributed by atoms with Crippen molar-refractivity contribution in [2.24, 2.45) is 5.92 Å². The fourth-order valence-corrected chi connectivity index (χ4v) is 3.30. The van der Waals surface area contributed by atoms with Crippen molar-refractivity contribution in [1.82, 2.24) is 10.2 Å². The highest BCUT2D eigenvalue weighted by molar-refractivity contribution is 5.84. The van der Waals surface area contributed by atoms with Crippen LogP contribution in [0.4, 0.5) is 0 Å². The first-order valence-corrected chi connectivity index (χ1v) is 7.35. The lowest BCUT2D eigenvalue weighted by molar-refractivity contribution is -0.135. The van der Waals surface area contributed by atoms with Gasteiger partial charge >= 0.3 is 0 Å². The molecule has 1 aromatic rings. The van der Waals surface area contributed by atoms with Gasteiger partial charge in [-0.25, -0.2) is 0 Å². The number of hydrogen-bond donors (Lipinski definition) is 1. The monoisotopic (exact) mass is 258 g/mol. The summed E-state index contributed by atoms with van der Waals surface area (Å²) >= 11 is 0. The number of carbonyl (C=O) groups is 1. The van der Waals surface area contributed by atoms with Crippen LogP contribution in [0.25, 0.3) is 0 Å². The molecule has 1 amide bonds. The molecule has 3 nitrogen and oxygen atoms in total. The van der Waals surface area contributed by atoms with Gasteiger partial charge in [-0.2, -0.15) is 0 Å². The molecule has 0 radical (unpaired) electrons. The Morgan fingerprint density at radius 3 is 3.05 bits per heavy atom. The normalized spacial score (nSPS) is 26.9. The average Bonchev–Trinajstić information content (AvgIpc) is 2.46. The molecule has 0 bridgehead atoms.